The van der Waals surface area contributed by atoms with Gasteiger partial charge in [0.2, 0.25) is 0 Å². The van der Waals surface area contributed by atoms with Gasteiger partial charge in [-0.25, -0.2) is 9.97 Å². The lowest BCUT2D eigenvalue weighted by Crippen LogP contribution is -2.03. The first-order valence-corrected chi connectivity index (χ1v) is 6.15. The van der Waals surface area contributed by atoms with E-state index < -0.39 is 0 Å². The van der Waals surface area contributed by atoms with E-state index in [1.807, 2.05) is 17.7 Å². The molecule has 5 heteroatoms. The standard InChI is InChI=1S/C14H13N5/c1-8(2)19-14-12(7-17-19)10(5-15)4-11-6-16-9(3)18-13(11)14/h4,6-8H,1-3H3. The molecule has 0 atom stereocenters. The smallest absolute Gasteiger partial charge is 0.125 e. The Morgan fingerprint density at radius 1 is 1.32 bits per heavy atom. The summed E-state index contributed by atoms with van der Waals surface area (Å²) in [6.07, 6.45) is 3.50. The summed E-state index contributed by atoms with van der Waals surface area (Å²) in [5.41, 5.74) is 2.38. The van der Waals surface area contributed by atoms with Gasteiger partial charge in [0.1, 0.15) is 5.82 Å². The fourth-order valence-electron chi connectivity index (χ4n) is 2.29. The van der Waals surface area contributed by atoms with Crippen molar-refractivity contribution in [1.29, 1.82) is 5.26 Å². The highest BCUT2D eigenvalue weighted by Gasteiger charge is 2.15. The van der Waals surface area contributed by atoms with Crippen molar-refractivity contribution < 1.29 is 0 Å². The SMILES string of the molecule is Cc1ncc2cc(C#N)c3cnn(C(C)C)c3c2n1. The van der Waals surface area contributed by atoms with Crippen LogP contribution < -0.4 is 0 Å². The van der Waals surface area contributed by atoms with Gasteiger partial charge in [0, 0.05) is 23.0 Å². The van der Waals surface area contributed by atoms with Crippen LogP contribution in [0.1, 0.15) is 31.3 Å². The summed E-state index contributed by atoms with van der Waals surface area (Å²) in [7, 11) is 0. The Morgan fingerprint density at radius 2 is 2.11 bits per heavy atom. The van der Waals surface area contributed by atoms with Crippen LogP contribution in [-0.2, 0) is 0 Å². The van der Waals surface area contributed by atoms with E-state index in [0.29, 0.717) is 5.56 Å². The third-order valence-corrected chi connectivity index (χ3v) is 3.16. The maximum absolute atomic E-state index is 9.27. The Balaban J connectivity index is 2.58. The molecule has 2 heterocycles. The summed E-state index contributed by atoms with van der Waals surface area (Å²) >= 11 is 0. The van der Waals surface area contributed by atoms with Gasteiger partial charge in [-0.3, -0.25) is 4.68 Å². The van der Waals surface area contributed by atoms with Gasteiger partial charge in [-0.05, 0) is 26.8 Å². The van der Waals surface area contributed by atoms with Crippen LogP contribution in [0.2, 0.25) is 0 Å². The third kappa shape index (κ3) is 1.65. The van der Waals surface area contributed by atoms with Crippen LogP contribution in [0.3, 0.4) is 0 Å². The molecule has 0 saturated heterocycles. The van der Waals surface area contributed by atoms with Crippen LogP contribution in [-0.4, -0.2) is 19.7 Å². The van der Waals surface area contributed by atoms with Gasteiger partial charge in [0.25, 0.3) is 0 Å². The zero-order chi connectivity index (χ0) is 13.6. The number of hydrogen-bond acceptors (Lipinski definition) is 4. The molecule has 0 spiro atoms. The molecular formula is C14H13N5. The molecule has 0 aliphatic carbocycles. The number of nitrogens with zero attached hydrogens (tertiary/aromatic N) is 5. The maximum atomic E-state index is 9.27. The molecule has 94 valence electrons. The van der Waals surface area contributed by atoms with Crippen molar-refractivity contribution in [2.45, 2.75) is 26.8 Å². The molecule has 1 aromatic carbocycles. The fourth-order valence-corrected chi connectivity index (χ4v) is 2.29. The van der Waals surface area contributed by atoms with Crippen molar-refractivity contribution in [1.82, 2.24) is 19.7 Å². The Morgan fingerprint density at radius 3 is 2.79 bits per heavy atom. The number of aryl methyl sites for hydroxylation is 1. The Kier molecular flexibility index (Phi) is 2.46. The van der Waals surface area contributed by atoms with Crippen molar-refractivity contribution in [2.24, 2.45) is 0 Å². The molecule has 0 N–H and O–H groups in total. The van der Waals surface area contributed by atoms with Crippen LogP contribution in [0, 0.1) is 18.3 Å². The van der Waals surface area contributed by atoms with E-state index in [-0.39, 0.29) is 6.04 Å². The van der Waals surface area contributed by atoms with Gasteiger partial charge in [-0.2, -0.15) is 10.4 Å². The first kappa shape index (κ1) is 11.6. The van der Waals surface area contributed by atoms with E-state index in [0.717, 1.165) is 27.6 Å². The normalized spacial score (nSPS) is 11.3. The number of rotatable bonds is 1. The second-order valence-corrected chi connectivity index (χ2v) is 4.84. The molecule has 2 aromatic heterocycles. The van der Waals surface area contributed by atoms with Gasteiger partial charge in [-0.15, -0.1) is 0 Å². The zero-order valence-electron chi connectivity index (χ0n) is 11.0. The van der Waals surface area contributed by atoms with Crippen molar-refractivity contribution in [3.63, 3.8) is 0 Å². The van der Waals surface area contributed by atoms with E-state index >= 15 is 0 Å². The highest BCUT2D eigenvalue weighted by Crippen LogP contribution is 2.28. The number of benzene rings is 1. The first-order chi connectivity index (χ1) is 9.11. The van der Waals surface area contributed by atoms with Crippen LogP contribution in [0.25, 0.3) is 21.8 Å². The summed E-state index contributed by atoms with van der Waals surface area (Å²) in [6.45, 7) is 5.98. The van der Waals surface area contributed by atoms with Gasteiger partial charge < -0.3 is 0 Å². The average Bonchev–Trinajstić information content (AvgIpc) is 2.83. The van der Waals surface area contributed by atoms with Crippen molar-refractivity contribution in [2.75, 3.05) is 0 Å². The number of aromatic nitrogens is 4. The molecule has 19 heavy (non-hydrogen) atoms. The second-order valence-electron chi connectivity index (χ2n) is 4.84. The molecule has 0 unspecified atom stereocenters. The lowest BCUT2D eigenvalue weighted by molar-refractivity contribution is 0.551. The lowest BCUT2D eigenvalue weighted by atomic mass is 10.1. The fraction of sp³-hybridized carbons (Fsp3) is 0.286. The van der Waals surface area contributed by atoms with Crippen LogP contribution >= 0.6 is 0 Å². The lowest BCUT2D eigenvalue weighted by Gasteiger charge is -2.09. The summed E-state index contributed by atoms with van der Waals surface area (Å²) < 4.78 is 1.91. The van der Waals surface area contributed by atoms with E-state index in [1.54, 1.807) is 12.4 Å². The average molecular weight is 251 g/mol. The minimum absolute atomic E-state index is 0.213. The molecule has 0 aliphatic heterocycles. The minimum atomic E-state index is 0.213. The summed E-state index contributed by atoms with van der Waals surface area (Å²) in [6, 6.07) is 4.26. The molecular weight excluding hydrogens is 238 g/mol. The van der Waals surface area contributed by atoms with E-state index in [2.05, 4.69) is 35.0 Å². The van der Waals surface area contributed by atoms with E-state index in [1.165, 1.54) is 0 Å². The Labute approximate surface area is 110 Å². The predicted molar refractivity (Wildman–Crippen MR) is 72.7 cm³/mol. The topological polar surface area (TPSA) is 67.4 Å². The van der Waals surface area contributed by atoms with E-state index in [4.69, 9.17) is 0 Å². The first-order valence-electron chi connectivity index (χ1n) is 6.15. The Hall–Kier alpha value is -2.48. The second kappa shape index (κ2) is 4.02. The van der Waals surface area contributed by atoms with Gasteiger partial charge in [-0.1, -0.05) is 0 Å². The van der Waals surface area contributed by atoms with Gasteiger partial charge >= 0.3 is 0 Å². The molecule has 3 rings (SSSR count). The molecule has 0 radical (unpaired) electrons. The number of nitriles is 1. The molecule has 0 saturated carbocycles. The highest BCUT2D eigenvalue weighted by atomic mass is 15.3. The number of hydrogen-bond donors (Lipinski definition) is 0. The predicted octanol–water partition coefficient (Wildman–Crippen LogP) is 2.74. The highest BCUT2D eigenvalue weighted by molar-refractivity contribution is 6.05. The Bertz CT molecular complexity index is 823. The summed E-state index contributed by atoms with van der Waals surface area (Å²) in [5, 5.41) is 15.4. The monoisotopic (exact) mass is 251 g/mol. The largest absolute Gasteiger partial charge is 0.260 e. The summed E-state index contributed by atoms with van der Waals surface area (Å²) in [5.74, 6) is 0.718. The van der Waals surface area contributed by atoms with Crippen molar-refractivity contribution in [3.05, 3.63) is 29.8 Å². The van der Waals surface area contributed by atoms with Crippen molar-refractivity contribution >= 4 is 21.8 Å². The molecule has 5 nitrogen and oxygen atoms in total. The molecule has 3 aromatic rings. The zero-order valence-corrected chi connectivity index (χ0v) is 11.0. The molecule has 0 bridgehead atoms. The maximum Gasteiger partial charge on any atom is 0.125 e. The minimum Gasteiger partial charge on any atom is -0.260 e. The number of fused-ring (bicyclic) bond motifs is 3. The van der Waals surface area contributed by atoms with E-state index in [9.17, 15) is 5.26 Å². The van der Waals surface area contributed by atoms with Crippen LogP contribution in [0.5, 0.6) is 0 Å². The van der Waals surface area contributed by atoms with Crippen molar-refractivity contribution in [3.8, 4) is 6.07 Å². The molecule has 0 amide bonds. The van der Waals surface area contributed by atoms with Crippen LogP contribution in [0.15, 0.2) is 18.5 Å². The van der Waals surface area contributed by atoms with Crippen LogP contribution in [0.4, 0.5) is 0 Å². The van der Waals surface area contributed by atoms with Gasteiger partial charge in [0.05, 0.1) is 28.9 Å². The quantitative estimate of drug-likeness (QED) is 0.667. The molecule has 0 fully saturated rings. The van der Waals surface area contributed by atoms with Gasteiger partial charge in [0.15, 0.2) is 0 Å². The summed E-state index contributed by atoms with van der Waals surface area (Å²) in [4.78, 5) is 8.71. The molecule has 0 aliphatic rings. The third-order valence-electron chi connectivity index (χ3n) is 3.16.